The quantitative estimate of drug-likeness (QED) is 0.370. The van der Waals surface area contributed by atoms with Crippen molar-refractivity contribution in [1.82, 2.24) is 14.9 Å². The normalized spacial score (nSPS) is 17.0. The fourth-order valence-electron chi connectivity index (χ4n) is 4.04. The number of ether oxygens (including phenoxy) is 1. The highest BCUT2D eigenvalue weighted by molar-refractivity contribution is 7.99. The van der Waals surface area contributed by atoms with Crippen LogP contribution in [-0.2, 0) is 4.79 Å². The van der Waals surface area contributed by atoms with Gasteiger partial charge in [-0.15, -0.1) is 0 Å². The first-order chi connectivity index (χ1) is 15.1. The average Bonchev–Trinajstić information content (AvgIpc) is 2.83. The standard InChI is InChI=1S/C22H28ClN5O2S/c1-30-18-8-4-3-7-17(18)26-11-13-28(14-12-26)21(29)16-31-22-24-19(23)15-20(25-22)27-9-5-2-6-10-27/h3-4,7-8,15H,2,5-6,9-14,16H2,1H3. The van der Waals surface area contributed by atoms with Gasteiger partial charge in [-0.05, 0) is 31.4 Å². The van der Waals surface area contributed by atoms with Gasteiger partial charge in [-0.3, -0.25) is 4.79 Å². The Morgan fingerprint density at radius 1 is 1.03 bits per heavy atom. The number of benzene rings is 1. The lowest BCUT2D eigenvalue weighted by molar-refractivity contribution is -0.128. The summed E-state index contributed by atoms with van der Waals surface area (Å²) < 4.78 is 5.47. The Balaban J connectivity index is 1.31. The number of piperazine rings is 1. The van der Waals surface area contributed by atoms with Gasteiger partial charge in [-0.1, -0.05) is 35.5 Å². The maximum absolute atomic E-state index is 12.8. The van der Waals surface area contributed by atoms with E-state index in [0.717, 1.165) is 43.4 Å². The van der Waals surface area contributed by atoms with Crippen LogP contribution < -0.4 is 14.5 Å². The maximum Gasteiger partial charge on any atom is 0.233 e. The van der Waals surface area contributed by atoms with Crippen molar-refractivity contribution in [2.45, 2.75) is 24.4 Å². The molecule has 7 nitrogen and oxygen atoms in total. The van der Waals surface area contributed by atoms with Crippen LogP contribution in [0.4, 0.5) is 11.5 Å². The average molecular weight is 462 g/mol. The first kappa shape index (κ1) is 22.0. The molecule has 166 valence electrons. The number of aromatic nitrogens is 2. The summed E-state index contributed by atoms with van der Waals surface area (Å²) in [5, 5.41) is 0.991. The van der Waals surface area contributed by atoms with E-state index in [1.165, 1.54) is 31.0 Å². The van der Waals surface area contributed by atoms with Crippen molar-refractivity contribution in [1.29, 1.82) is 0 Å². The number of methoxy groups -OCH3 is 1. The zero-order valence-electron chi connectivity index (χ0n) is 17.8. The Bertz CT molecular complexity index is 901. The molecule has 31 heavy (non-hydrogen) atoms. The van der Waals surface area contributed by atoms with Crippen LogP contribution in [0.15, 0.2) is 35.5 Å². The summed E-state index contributed by atoms with van der Waals surface area (Å²) in [7, 11) is 1.68. The third-order valence-corrected chi connectivity index (χ3v) is 6.75. The number of para-hydroxylation sites is 2. The van der Waals surface area contributed by atoms with E-state index >= 15 is 0 Å². The molecule has 0 radical (unpaired) electrons. The minimum atomic E-state index is 0.104. The van der Waals surface area contributed by atoms with Gasteiger partial charge >= 0.3 is 0 Å². The Hall–Kier alpha value is -2.19. The number of carbonyl (C=O) groups is 1. The molecule has 2 aliphatic heterocycles. The lowest BCUT2D eigenvalue weighted by Gasteiger charge is -2.36. The second-order valence-electron chi connectivity index (χ2n) is 7.71. The van der Waals surface area contributed by atoms with Gasteiger partial charge in [-0.25, -0.2) is 9.97 Å². The van der Waals surface area contributed by atoms with E-state index in [1.54, 1.807) is 7.11 Å². The molecule has 2 saturated heterocycles. The summed E-state index contributed by atoms with van der Waals surface area (Å²) in [6.45, 7) is 4.92. The number of piperidine rings is 1. The molecule has 0 atom stereocenters. The molecule has 0 bridgehead atoms. The topological polar surface area (TPSA) is 61.8 Å². The van der Waals surface area contributed by atoms with Crippen LogP contribution in [0.5, 0.6) is 5.75 Å². The number of hydrogen-bond acceptors (Lipinski definition) is 7. The van der Waals surface area contributed by atoms with Crippen LogP contribution in [-0.4, -0.2) is 72.9 Å². The van der Waals surface area contributed by atoms with Gasteiger partial charge in [-0.2, -0.15) is 0 Å². The molecular formula is C22H28ClN5O2S. The predicted molar refractivity (Wildman–Crippen MR) is 126 cm³/mol. The molecule has 1 aromatic heterocycles. The second kappa shape index (κ2) is 10.4. The summed E-state index contributed by atoms with van der Waals surface area (Å²) >= 11 is 7.59. The van der Waals surface area contributed by atoms with Crippen molar-refractivity contribution in [3.8, 4) is 5.75 Å². The van der Waals surface area contributed by atoms with E-state index in [2.05, 4.69) is 25.8 Å². The Morgan fingerprint density at radius 3 is 2.52 bits per heavy atom. The monoisotopic (exact) mass is 461 g/mol. The van der Waals surface area contributed by atoms with Gasteiger partial charge in [0.1, 0.15) is 16.7 Å². The first-order valence-corrected chi connectivity index (χ1v) is 12.1. The molecule has 2 aromatic rings. The van der Waals surface area contributed by atoms with Crippen molar-refractivity contribution in [2.75, 3.05) is 61.9 Å². The number of nitrogens with zero attached hydrogens (tertiary/aromatic N) is 5. The van der Waals surface area contributed by atoms with Crippen LogP contribution >= 0.6 is 23.4 Å². The lowest BCUT2D eigenvalue weighted by Crippen LogP contribution is -2.49. The number of rotatable bonds is 6. The third kappa shape index (κ3) is 5.54. The van der Waals surface area contributed by atoms with E-state index in [4.69, 9.17) is 16.3 Å². The maximum atomic E-state index is 12.8. The summed E-state index contributed by atoms with van der Waals surface area (Å²) in [4.78, 5) is 28.2. The van der Waals surface area contributed by atoms with Crippen molar-refractivity contribution < 1.29 is 9.53 Å². The van der Waals surface area contributed by atoms with Crippen LogP contribution in [0.25, 0.3) is 0 Å². The van der Waals surface area contributed by atoms with Crippen LogP contribution in [0.1, 0.15) is 19.3 Å². The molecule has 3 heterocycles. The smallest absolute Gasteiger partial charge is 0.233 e. The van der Waals surface area contributed by atoms with Gasteiger partial charge < -0.3 is 19.4 Å². The predicted octanol–water partition coefficient (Wildman–Crippen LogP) is 3.57. The van der Waals surface area contributed by atoms with E-state index < -0.39 is 0 Å². The molecule has 2 fully saturated rings. The van der Waals surface area contributed by atoms with Gasteiger partial charge in [0.2, 0.25) is 5.91 Å². The molecule has 1 aromatic carbocycles. The van der Waals surface area contributed by atoms with Crippen LogP contribution in [0.3, 0.4) is 0 Å². The zero-order valence-corrected chi connectivity index (χ0v) is 19.4. The summed E-state index contributed by atoms with van der Waals surface area (Å²) in [6.07, 6.45) is 3.60. The Kier molecular flexibility index (Phi) is 7.40. The van der Waals surface area contributed by atoms with Crippen LogP contribution in [0, 0.1) is 0 Å². The number of thioether (sulfide) groups is 1. The summed E-state index contributed by atoms with van der Waals surface area (Å²) in [5.41, 5.74) is 1.07. The van der Waals surface area contributed by atoms with Gasteiger partial charge in [0.25, 0.3) is 0 Å². The van der Waals surface area contributed by atoms with Crippen molar-refractivity contribution in [3.63, 3.8) is 0 Å². The van der Waals surface area contributed by atoms with Crippen molar-refractivity contribution in [2.24, 2.45) is 0 Å². The van der Waals surface area contributed by atoms with Gasteiger partial charge in [0.15, 0.2) is 5.16 Å². The summed E-state index contributed by atoms with van der Waals surface area (Å²) in [6, 6.07) is 9.81. The Morgan fingerprint density at radius 2 is 1.77 bits per heavy atom. The summed E-state index contributed by atoms with van der Waals surface area (Å²) in [5.74, 6) is 2.14. The fourth-order valence-corrected chi connectivity index (χ4v) is 5.02. The van der Waals surface area contributed by atoms with E-state index in [-0.39, 0.29) is 5.91 Å². The molecule has 0 unspecified atom stereocenters. The van der Waals surface area contributed by atoms with Crippen molar-refractivity contribution in [3.05, 3.63) is 35.5 Å². The Labute approximate surface area is 192 Å². The molecule has 0 N–H and O–H groups in total. The number of halogens is 1. The van der Waals surface area contributed by atoms with E-state index in [1.807, 2.05) is 29.2 Å². The van der Waals surface area contributed by atoms with Gasteiger partial charge in [0.05, 0.1) is 18.6 Å². The molecule has 0 saturated carbocycles. The third-order valence-electron chi connectivity index (χ3n) is 5.72. The highest BCUT2D eigenvalue weighted by atomic mass is 35.5. The number of anilines is 2. The number of amides is 1. The van der Waals surface area contributed by atoms with Gasteiger partial charge in [0, 0.05) is 45.3 Å². The minimum absolute atomic E-state index is 0.104. The van der Waals surface area contributed by atoms with E-state index in [9.17, 15) is 4.79 Å². The SMILES string of the molecule is COc1ccccc1N1CCN(C(=O)CSc2nc(Cl)cc(N3CCCCC3)n2)CC1. The lowest BCUT2D eigenvalue weighted by atomic mass is 10.1. The van der Waals surface area contributed by atoms with E-state index in [0.29, 0.717) is 29.2 Å². The van der Waals surface area contributed by atoms with Crippen LogP contribution in [0.2, 0.25) is 5.15 Å². The largest absolute Gasteiger partial charge is 0.495 e. The molecule has 9 heteroatoms. The number of hydrogen-bond donors (Lipinski definition) is 0. The molecule has 0 aliphatic carbocycles. The van der Waals surface area contributed by atoms with Crippen molar-refractivity contribution >= 4 is 40.8 Å². The molecule has 0 spiro atoms. The highest BCUT2D eigenvalue weighted by Gasteiger charge is 2.23. The molecule has 4 rings (SSSR count). The first-order valence-electron chi connectivity index (χ1n) is 10.7. The minimum Gasteiger partial charge on any atom is -0.495 e. The molecule has 2 aliphatic rings. The number of carbonyl (C=O) groups excluding carboxylic acids is 1. The molecule has 1 amide bonds. The molecular weight excluding hydrogens is 434 g/mol. The highest BCUT2D eigenvalue weighted by Crippen LogP contribution is 2.29. The second-order valence-corrected chi connectivity index (χ2v) is 9.04. The zero-order chi connectivity index (χ0) is 21.6. The fraction of sp³-hybridized carbons (Fsp3) is 0.500.